The number of carbonyl (C=O) groups is 3. The van der Waals surface area contributed by atoms with Gasteiger partial charge in [-0.05, 0) is 6.92 Å². The minimum absolute atomic E-state index is 0.879. The van der Waals surface area contributed by atoms with E-state index in [1.54, 1.807) is 0 Å². The van der Waals surface area contributed by atoms with Crippen LogP contribution in [0.2, 0.25) is 0 Å². The highest BCUT2D eigenvalue weighted by atomic mass is 19.2. The fourth-order valence-corrected chi connectivity index (χ4v) is 2.47. The summed E-state index contributed by atoms with van der Waals surface area (Å²) in [7, 11) is 0. The monoisotopic (exact) mass is 494 g/mol. The Bertz CT molecular complexity index is 1070. The molecule has 0 saturated carbocycles. The second-order valence-corrected chi connectivity index (χ2v) is 5.93. The van der Waals surface area contributed by atoms with Crippen molar-refractivity contribution in [1.29, 1.82) is 0 Å². The number of benzene rings is 2. The van der Waals surface area contributed by atoms with Gasteiger partial charge in [-0.1, -0.05) is 0 Å². The number of ether oxygens (including phenoxy) is 1. The summed E-state index contributed by atoms with van der Waals surface area (Å²) < 4.78 is 155. The molecule has 0 N–H and O–H groups in total. The summed E-state index contributed by atoms with van der Waals surface area (Å²) in [4.78, 5) is 36.7. The lowest BCUT2D eigenvalue weighted by Crippen LogP contribution is -2.52. The Morgan fingerprint density at radius 3 is 1.06 bits per heavy atom. The molecule has 4 nitrogen and oxygen atoms in total. The summed E-state index contributed by atoms with van der Waals surface area (Å²) >= 11 is 0. The Morgan fingerprint density at radius 2 is 0.818 bits per heavy atom. The molecule has 33 heavy (non-hydrogen) atoms. The normalized spacial score (nSPS) is 11.5. The van der Waals surface area contributed by atoms with Crippen LogP contribution in [0.1, 0.15) is 27.6 Å². The summed E-state index contributed by atoms with van der Waals surface area (Å²) in [5.74, 6) is -38.7. The van der Waals surface area contributed by atoms with Gasteiger partial charge in [0.05, 0.1) is 17.7 Å². The lowest BCUT2D eigenvalue weighted by molar-refractivity contribution is -0.150. The third-order valence-electron chi connectivity index (χ3n) is 4.06. The zero-order chi connectivity index (χ0) is 25.6. The summed E-state index contributed by atoms with van der Waals surface area (Å²) in [5.41, 5.74) is -10.9. The van der Waals surface area contributed by atoms with Gasteiger partial charge in [0.1, 0.15) is 0 Å². The SMILES string of the molecule is CCOC(=O)C(F)(C(=O)c1c(F)c(F)c(F)c(F)c1F)C(=O)c1c(F)c(F)c(F)c(F)c1F. The summed E-state index contributed by atoms with van der Waals surface area (Å²) in [5, 5.41) is 0. The van der Waals surface area contributed by atoms with Gasteiger partial charge in [0.2, 0.25) is 23.2 Å². The van der Waals surface area contributed by atoms with Crippen molar-refractivity contribution in [2.45, 2.75) is 12.6 Å². The van der Waals surface area contributed by atoms with Crippen LogP contribution in [0.3, 0.4) is 0 Å². The molecule has 0 aliphatic heterocycles. The predicted octanol–water partition coefficient (Wildman–Crippen LogP) is 4.41. The highest BCUT2D eigenvalue weighted by Gasteiger charge is 2.59. The molecule has 15 heteroatoms. The van der Waals surface area contributed by atoms with Crippen molar-refractivity contribution >= 4 is 17.5 Å². The van der Waals surface area contributed by atoms with Crippen LogP contribution in [0, 0.1) is 58.2 Å². The van der Waals surface area contributed by atoms with Gasteiger partial charge in [-0.2, -0.15) is 0 Å². The van der Waals surface area contributed by atoms with Crippen LogP contribution in [0.15, 0.2) is 0 Å². The maximum absolute atomic E-state index is 15.5. The molecule has 0 radical (unpaired) electrons. The van der Waals surface area contributed by atoms with Crippen molar-refractivity contribution < 1.29 is 67.4 Å². The molecule has 0 saturated heterocycles. The van der Waals surface area contributed by atoms with E-state index < -0.39 is 99.1 Å². The molecule has 2 rings (SSSR count). The zero-order valence-corrected chi connectivity index (χ0v) is 15.5. The van der Waals surface area contributed by atoms with Gasteiger partial charge in [-0.3, -0.25) is 9.59 Å². The lowest BCUT2D eigenvalue weighted by atomic mass is 9.85. The number of hydrogen-bond acceptors (Lipinski definition) is 4. The Morgan fingerprint density at radius 1 is 0.576 bits per heavy atom. The first-order valence-electron chi connectivity index (χ1n) is 8.14. The van der Waals surface area contributed by atoms with Gasteiger partial charge >= 0.3 is 11.6 Å². The molecule has 0 atom stereocenters. The smallest absolute Gasteiger partial charge is 0.360 e. The van der Waals surface area contributed by atoms with Crippen molar-refractivity contribution in [2.24, 2.45) is 0 Å². The van der Waals surface area contributed by atoms with Crippen LogP contribution in [-0.2, 0) is 9.53 Å². The Balaban J connectivity index is 2.92. The van der Waals surface area contributed by atoms with E-state index >= 15 is 4.39 Å². The van der Waals surface area contributed by atoms with Crippen LogP contribution in [0.25, 0.3) is 0 Å². The van der Waals surface area contributed by atoms with E-state index in [1.165, 1.54) is 0 Å². The van der Waals surface area contributed by atoms with Gasteiger partial charge in [-0.15, -0.1) is 0 Å². The Hall–Kier alpha value is -3.52. The van der Waals surface area contributed by atoms with Crippen molar-refractivity contribution in [3.63, 3.8) is 0 Å². The van der Waals surface area contributed by atoms with Gasteiger partial charge in [0.15, 0.2) is 46.5 Å². The van der Waals surface area contributed by atoms with Gasteiger partial charge < -0.3 is 4.74 Å². The third kappa shape index (κ3) is 3.70. The number of ketones is 2. The quantitative estimate of drug-likeness (QED) is 0.149. The number of rotatable bonds is 6. The molecule has 0 unspecified atom stereocenters. The number of carbonyl (C=O) groups excluding carboxylic acids is 3. The minimum atomic E-state index is -5.35. The number of hydrogen-bond donors (Lipinski definition) is 0. The standard InChI is InChI=1S/C18H5F11O4/c1-2-33-17(32)18(29,15(30)3-5(19)9(23)13(27)10(24)6(3)20)16(31)4-7(21)11(25)14(28)12(26)8(4)22/h2H2,1H3. The largest absolute Gasteiger partial charge is 0.463 e. The van der Waals surface area contributed by atoms with Gasteiger partial charge in [-0.25, -0.2) is 53.1 Å². The van der Waals surface area contributed by atoms with E-state index in [0.717, 1.165) is 6.92 Å². The maximum atomic E-state index is 15.5. The van der Waals surface area contributed by atoms with E-state index in [0.29, 0.717) is 0 Å². The predicted molar refractivity (Wildman–Crippen MR) is 81.6 cm³/mol. The third-order valence-corrected chi connectivity index (χ3v) is 4.06. The highest BCUT2D eigenvalue weighted by molar-refractivity contribution is 6.34. The zero-order valence-electron chi connectivity index (χ0n) is 15.5. The lowest BCUT2D eigenvalue weighted by Gasteiger charge is -2.22. The van der Waals surface area contributed by atoms with E-state index in [-0.39, 0.29) is 0 Å². The number of alkyl halides is 1. The fourth-order valence-electron chi connectivity index (χ4n) is 2.47. The maximum Gasteiger partial charge on any atom is 0.360 e. The van der Waals surface area contributed by atoms with Crippen LogP contribution >= 0.6 is 0 Å². The van der Waals surface area contributed by atoms with E-state index in [9.17, 15) is 58.3 Å². The first-order chi connectivity index (χ1) is 15.2. The average Bonchev–Trinajstić information content (AvgIpc) is 2.78. The second-order valence-electron chi connectivity index (χ2n) is 5.93. The van der Waals surface area contributed by atoms with Crippen molar-refractivity contribution in [3.8, 4) is 0 Å². The van der Waals surface area contributed by atoms with Crippen LogP contribution in [-0.4, -0.2) is 29.8 Å². The molecule has 0 aromatic heterocycles. The molecule has 2 aromatic rings. The number of halogens is 11. The van der Waals surface area contributed by atoms with Gasteiger partial charge in [0.25, 0.3) is 0 Å². The highest BCUT2D eigenvalue weighted by Crippen LogP contribution is 2.34. The summed E-state index contributed by atoms with van der Waals surface area (Å²) in [6.07, 6.45) is 0. The average molecular weight is 494 g/mol. The van der Waals surface area contributed by atoms with Crippen molar-refractivity contribution in [1.82, 2.24) is 0 Å². The Labute approximate surface area is 174 Å². The van der Waals surface area contributed by atoms with Crippen molar-refractivity contribution in [3.05, 3.63) is 69.3 Å². The molecule has 0 aliphatic rings. The molecule has 0 amide bonds. The molecule has 0 bridgehead atoms. The van der Waals surface area contributed by atoms with Crippen molar-refractivity contribution in [2.75, 3.05) is 6.61 Å². The molecule has 0 fully saturated rings. The molecule has 178 valence electrons. The Kier molecular flexibility index (Phi) is 6.85. The number of Topliss-reactive ketones (excluding diaryl/α,β-unsaturated/α-hetero) is 2. The number of esters is 1. The first kappa shape index (κ1) is 25.7. The molecule has 0 heterocycles. The van der Waals surface area contributed by atoms with Crippen LogP contribution in [0.4, 0.5) is 48.3 Å². The summed E-state index contributed by atoms with van der Waals surface area (Å²) in [6.45, 7) is -0.0661. The van der Waals surface area contributed by atoms with Crippen LogP contribution < -0.4 is 0 Å². The van der Waals surface area contributed by atoms with E-state index in [1.807, 2.05) is 0 Å². The molecule has 0 aliphatic carbocycles. The molecule has 2 aromatic carbocycles. The van der Waals surface area contributed by atoms with E-state index in [2.05, 4.69) is 4.74 Å². The van der Waals surface area contributed by atoms with Gasteiger partial charge in [0, 0.05) is 0 Å². The topological polar surface area (TPSA) is 60.4 Å². The van der Waals surface area contributed by atoms with Crippen LogP contribution in [0.5, 0.6) is 0 Å². The fraction of sp³-hybridized carbons (Fsp3) is 0.167. The molecule has 0 spiro atoms. The molecular formula is C18H5F11O4. The van der Waals surface area contributed by atoms with E-state index in [4.69, 9.17) is 0 Å². The minimum Gasteiger partial charge on any atom is -0.463 e. The first-order valence-corrected chi connectivity index (χ1v) is 8.14. The summed E-state index contributed by atoms with van der Waals surface area (Å²) in [6, 6.07) is 0. The second kappa shape index (κ2) is 8.78. The molecular weight excluding hydrogens is 489 g/mol.